The maximum atomic E-state index is 12.1. The molecule has 1 unspecified atom stereocenters. The molecule has 0 aromatic heterocycles. The lowest BCUT2D eigenvalue weighted by Crippen LogP contribution is -2.42. The minimum absolute atomic E-state index is 0.103. The second-order valence-electron chi connectivity index (χ2n) is 6.81. The van der Waals surface area contributed by atoms with E-state index in [2.05, 4.69) is 37.1 Å². The van der Waals surface area contributed by atoms with Crippen LogP contribution in [0.3, 0.4) is 0 Å². The Morgan fingerprint density at radius 3 is 2.74 bits per heavy atom. The quantitative estimate of drug-likeness (QED) is 0.490. The number of anilines is 1. The molecular weight excluding hydrogens is 292 g/mol. The highest BCUT2D eigenvalue weighted by atomic mass is 16.5. The summed E-state index contributed by atoms with van der Waals surface area (Å²) in [5.74, 6) is -0.996. The van der Waals surface area contributed by atoms with Gasteiger partial charge in [0, 0.05) is 31.4 Å². The van der Waals surface area contributed by atoms with Gasteiger partial charge in [0.05, 0.1) is 5.54 Å². The lowest BCUT2D eigenvalue weighted by molar-refractivity contribution is -0.145. The smallest absolute Gasteiger partial charge is 0.324 e. The molecule has 2 heterocycles. The molecule has 0 fully saturated rings. The number of carbonyl (C=O) groups is 2. The fourth-order valence-corrected chi connectivity index (χ4v) is 3.33. The van der Waals surface area contributed by atoms with E-state index in [1.165, 1.54) is 12.6 Å². The number of amides is 1. The molecule has 2 aliphatic rings. The van der Waals surface area contributed by atoms with Crippen molar-refractivity contribution in [1.82, 2.24) is 5.32 Å². The molecule has 0 aliphatic carbocycles. The number of likely N-dealkylation sites (N-methyl/N-ethyl adjacent to an activating group) is 1. The molecule has 1 N–H and O–H groups in total. The second kappa shape index (κ2) is 5.11. The van der Waals surface area contributed by atoms with Gasteiger partial charge in [-0.1, -0.05) is 6.08 Å². The molecule has 0 saturated heterocycles. The van der Waals surface area contributed by atoms with Crippen molar-refractivity contribution in [2.45, 2.75) is 32.7 Å². The Morgan fingerprint density at radius 1 is 1.39 bits per heavy atom. The van der Waals surface area contributed by atoms with Crippen LogP contribution in [-0.2, 0) is 16.0 Å². The van der Waals surface area contributed by atoms with E-state index in [4.69, 9.17) is 4.74 Å². The lowest BCUT2D eigenvalue weighted by atomic mass is 9.86. The Bertz CT molecular complexity index is 734. The van der Waals surface area contributed by atoms with Crippen molar-refractivity contribution in [3.05, 3.63) is 29.3 Å². The summed E-state index contributed by atoms with van der Waals surface area (Å²) < 4.78 is 5.44. The van der Waals surface area contributed by atoms with Crippen LogP contribution in [0, 0.1) is 5.92 Å². The number of benzene rings is 1. The molecule has 1 atom stereocenters. The summed E-state index contributed by atoms with van der Waals surface area (Å²) in [4.78, 5) is 26.1. The Morgan fingerprint density at radius 2 is 2.09 bits per heavy atom. The number of esters is 1. The molecule has 3 rings (SSSR count). The normalized spacial score (nSPS) is 21.8. The van der Waals surface area contributed by atoms with Crippen molar-refractivity contribution in [3.63, 3.8) is 0 Å². The summed E-state index contributed by atoms with van der Waals surface area (Å²) in [6.45, 7) is 6.38. The van der Waals surface area contributed by atoms with E-state index in [9.17, 15) is 9.59 Å². The van der Waals surface area contributed by atoms with E-state index in [1.54, 1.807) is 0 Å². The van der Waals surface area contributed by atoms with Gasteiger partial charge in [0.1, 0.15) is 11.7 Å². The van der Waals surface area contributed by atoms with Crippen LogP contribution in [0.4, 0.5) is 5.69 Å². The van der Waals surface area contributed by atoms with Gasteiger partial charge in [-0.15, -0.1) is 0 Å². The van der Waals surface area contributed by atoms with Gasteiger partial charge >= 0.3 is 5.97 Å². The summed E-state index contributed by atoms with van der Waals surface area (Å²) in [6.07, 6.45) is 2.61. The first-order valence-corrected chi connectivity index (χ1v) is 7.78. The topological polar surface area (TPSA) is 58.6 Å². The number of allylic oxidation sites excluding steroid dienone is 1. The molecule has 0 radical (unpaired) electrons. The predicted octanol–water partition coefficient (Wildman–Crippen LogP) is 2.14. The van der Waals surface area contributed by atoms with Crippen molar-refractivity contribution >= 4 is 23.1 Å². The van der Waals surface area contributed by atoms with E-state index < -0.39 is 11.9 Å². The summed E-state index contributed by atoms with van der Waals surface area (Å²) in [5, 5.41) is 2.53. The summed E-state index contributed by atoms with van der Waals surface area (Å²) in [6, 6.07) is 3.96. The number of nitrogens with one attached hydrogen (secondary N) is 1. The molecule has 2 aliphatic heterocycles. The number of nitrogens with zero attached hydrogens (tertiary/aromatic N) is 1. The highest BCUT2D eigenvalue weighted by Crippen LogP contribution is 2.43. The summed E-state index contributed by atoms with van der Waals surface area (Å²) in [7, 11) is 3.56. The molecular formula is C18H22N2O3. The van der Waals surface area contributed by atoms with Gasteiger partial charge < -0.3 is 15.0 Å². The fourth-order valence-electron chi connectivity index (χ4n) is 3.33. The van der Waals surface area contributed by atoms with E-state index in [0.717, 1.165) is 16.8 Å². The number of hydrogen-bond donors (Lipinski definition) is 1. The molecule has 23 heavy (non-hydrogen) atoms. The highest BCUT2D eigenvalue weighted by molar-refractivity contribution is 6.00. The van der Waals surface area contributed by atoms with Crippen LogP contribution >= 0.6 is 0 Å². The molecule has 5 heteroatoms. The number of carbonyl (C=O) groups excluding carboxylic acids is 2. The molecule has 0 bridgehead atoms. The van der Waals surface area contributed by atoms with Crippen LogP contribution in [-0.4, -0.2) is 31.5 Å². The van der Waals surface area contributed by atoms with E-state index in [1.807, 2.05) is 19.2 Å². The minimum Gasteiger partial charge on any atom is -0.426 e. The number of hydrogen-bond acceptors (Lipinski definition) is 4. The van der Waals surface area contributed by atoms with Crippen LogP contribution in [0.25, 0.3) is 5.57 Å². The number of ether oxygens (including phenoxy) is 1. The van der Waals surface area contributed by atoms with Gasteiger partial charge in [-0.2, -0.15) is 0 Å². The van der Waals surface area contributed by atoms with Gasteiger partial charge in [0.2, 0.25) is 5.91 Å². The largest absolute Gasteiger partial charge is 0.426 e. The third kappa shape index (κ3) is 2.40. The van der Waals surface area contributed by atoms with E-state index >= 15 is 0 Å². The van der Waals surface area contributed by atoms with Gasteiger partial charge in [-0.3, -0.25) is 9.59 Å². The molecule has 0 spiro atoms. The van der Waals surface area contributed by atoms with E-state index in [0.29, 0.717) is 12.2 Å². The molecule has 122 valence electrons. The van der Waals surface area contributed by atoms with Crippen LogP contribution in [0.5, 0.6) is 5.75 Å². The van der Waals surface area contributed by atoms with Gasteiger partial charge in [0.25, 0.3) is 0 Å². The zero-order valence-corrected chi connectivity index (χ0v) is 14.2. The third-order valence-corrected chi connectivity index (χ3v) is 4.88. The molecule has 5 nitrogen and oxygen atoms in total. The standard InChI is InChI=1S/C18H22N2O3/c1-10-9-18(2,3)20(5)14-8-15-11(6-12(10)14)7-13(16(21)19-4)17(22)23-15/h6,8-9,13H,7H2,1-5H3,(H,19,21). The Hall–Kier alpha value is -2.30. The first-order chi connectivity index (χ1) is 10.7. The Balaban J connectivity index is 2.08. The van der Waals surface area contributed by atoms with E-state index in [-0.39, 0.29) is 11.4 Å². The van der Waals surface area contributed by atoms with Crippen molar-refractivity contribution < 1.29 is 14.3 Å². The summed E-state index contributed by atoms with van der Waals surface area (Å²) >= 11 is 0. The predicted molar refractivity (Wildman–Crippen MR) is 89.5 cm³/mol. The van der Waals surface area contributed by atoms with Crippen LogP contribution in [0.1, 0.15) is 31.9 Å². The van der Waals surface area contributed by atoms with Crippen molar-refractivity contribution in [2.75, 3.05) is 19.0 Å². The van der Waals surface area contributed by atoms with Gasteiger partial charge in [0.15, 0.2) is 0 Å². The summed E-state index contributed by atoms with van der Waals surface area (Å²) in [5.41, 5.74) is 4.16. The highest BCUT2D eigenvalue weighted by Gasteiger charge is 2.36. The third-order valence-electron chi connectivity index (χ3n) is 4.88. The minimum atomic E-state index is -0.771. The van der Waals surface area contributed by atoms with Gasteiger partial charge in [-0.05, 0) is 44.4 Å². The monoisotopic (exact) mass is 314 g/mol. The lowest BCUT2D eigenvalue weighted by Gasteiger charge is -2.41. The second-order valence-corrected chi connectivity index (χ2v) is 6.81. The van der Waals surface area contributed by atoms with Gasteiger partial charge in [-0.25, -0.2) is 0 Å². The number of fused-ring (bicyclic) bond motifs is 2. The zero-order chi connectivity index (χ0) is 16.9. The number of rotatable bonds is 1. The first-order valence-electron chi connectivity index (χ1n) is 7.78. The van der Waals surface area contributed by atoms with Crippen molar-refractivity contribution in [1.29, 1.82) is 0 Å². The molecule has 1 amide bonds. The Labute approximate surface area is 136 Å². The Kier molecular flexibility index (Phi) is 3.47. The molecule has 1 aromatic rings. The van der Waals surface area contributed by atoms with Crippen LogP contribution in [0.2, 0.25) is 0 Å². The average molecular weight is 314 g/mol. The van der Waals surface area contributed by atoms with Crippen LogP contribution < -0.4 is 15.0 Å². The zero-order valence-electron chi connectivity index (χ0n) is 14.2. The van der Waals surface area contributed by atoms with Crippen molar-refractivity contribution in [3.8, 4) is 5.75 Å². The van der Waals surface area contributed by atoms with Crippen molar-refractivity contribution in [2.24, 2.45) is 5.92 Å². The fraction of sp³-hybridized carbons (Fsp3) is 0.444. The SMILES string of the molecule is CNC(=O)C1Cc2cc3c(cc2OC1=O)N(C)C(C)(C)C=C3C. The maximum Gasteiger partial charge on any atom is 0.324 e. The van der Waals surface area contributed by atoms with Crippen LogP contribution in [0.15, 0.2) is 18.2 Å². The molecule has 1 aromatic carbocycles. The average Bonchev–Trinajstić information content (AvgIpc) is 2.49. The molecule has 0 saturated carbocycles. The maximum absolute atomic E-state index is 12.1. The first kappa shape index (κ1) is 15.6.